The Morgan fingerprint density at radius 3 is 2.61 bits per heavy atom. The zero-order chi connectivity index (χ0) is 23.6. The number of anilines is 1. The van der Waals surface area contributed by atoms with E-state index in [4.69, 9.17) is 16.3 Å². The number of hydrogen-bond donors (Lipinski definition) is 1. The lowest BCUT2D eigenvalue weighted by atomic mass is 9.97. The first-order valence-electron chi connectivity index (χ1n) is 11.0. The van der Waals surface area contributed by atoms with Gasteiger partial charge in [-0.1, -0.05) is 23.7 Å². The second-order valence-corrected chi connectivity index (χ2v) is 10.8. The fourth-order valence-electron chi connectivity index (χ4n) is 4.15. The van der Waals surface area contributed by atoms with Crippen molar-refractivity contribution in [2.45, 2.75) is 42.9 Å². The molecule has 7 nitrogen and oxygen atoms in total. The number of nitrogens with zero attached hydrogens (tertiary/aromatic N) is 2. The largest absolute Gasteiger partial charge is 0.492 e. The number of halogens is 1. The summed E-state index contributed by atoms with van der Waals surface area (Å²) in [6, 6.07) is 14.1. The molecule has 0 radical (unpaired) electrons. The van der Waals surface area contributed by atoms with Crippen LogP contribution in [0.5, 0.6) is 5.75 Å². The number of nitriles is 1. The summed E-state index contributed by atoms with van der Waals surface area (Å²) in [5, 5.41) is 12.5. The van der Waals surface area contributed by atoms with Crippen molar-refractivity contribution in [3.8, 4) is 11.8 Å². The predicted octanol–water partition coefficient (Wildman–Crippen LogP) is 4.33. The van der Waals surface area contributed by atoms with Crippen LogP contribution in [0.1, 0.15) is 38.2 Å². The monoisotopic (exact) mass is 487 g/mol. The average Bonchev–Trinajstić information content (AvgIpc) is 3.62. The first kappa shape index (κ1) is 23.6. The molecule has 0 spiro atoms. The number of carbonyl (C=O) groups is 1. The number of benzene rings is 2. The van der Waals surface area contributed by atoms with E-state index < -0.39 is 15.9 Å². The molecule has 4 rings (SSSR count). The third-order valence-corrected chi connectivity index (χ3v) is 8.42. The summed E-state index contributed by atoms with van der Waals surface area (Å²) in [6.07, 6.45) is 2.92. The maximum Gasteiger partial charge on any atom is 0.243 e. The molecule has 0 unspecified atom stereocenters. The Bertz CT molecular complexity index is 1190. The normalized spacial score (nSPS) is 20.0. The van der Waals surface area contributed by atoms with E-state index in [0.717, 1.165) is 18.4 Å². The number of sulfonamides is 1. The molecule has 2 aromatic carbocycles. The van der Waals surface area contributed by atoms with Crippen LogP contribution in [0, 0.1) is 17.2 Å². The summed E-state index contributed by atoms with van der Waals surface area (Å²) in [6.45, 7) is 2.71. The molecule has 1 atom stereocenters. The second kappa shape index (κ2) is 9.34. The van der Waals surface area contributed by atoms with Gasteiger partial charge in [-0.15, -0.1) is 0 Å². The van der Waals surface area contributed by atoms with Crippen molar-refractivity contribution in [2.75, 3.05) is 25.0 Å². The van der Waals surface area contributed by atoms with Gasteiger partial charge in [0.05, 0.1) is 33.9 Å². The summed E-state index contributed by atoms with van der Waals surface area (Å²) >= 11 is 6.19. The molecule has 1 aliphatic heterocycles. The first-order valence-corrected chi connectivity index (χ1v) is 12.9. The van der Waals surface area contributed by atoms with Gasteiger partial charge in [-0.3, -0.25) is 4.79 Å². The van der Waals surface area contributed by atoms with E-state index in [0.29, 0.717) is 37.4 Å². The number of amides is 1. The molecular weight excluding hydrogens is 462 g/mol. The van der Waals surface area contributed by atoms with Gasteiger partial charge in [0.1, 0.15) is 5.75 Å². The first-order chi connectivity index (χ1) is 15.8. The quantitative estimate of drug-likeness (QED) is 0.626. The van der Waals surface area contributed by atoms with Crippen LogP contribution in [0.15, 0.2) is 47.4 Å². The van der Waals surface area contributed by atoms with Crippen molar-refractivity contribution in [3.05, 3.63) is 53.1 Å². The Balaban J connectivity index is 1.43. The fourth-order valence-corrected chi connectivity index (χ4v) is 6.00. The number of carbonyl (C=O) groups excluding carboxylic acids is 1. The van der Waals surface area contributed by atoms with Gasteiger partial charge in [-0.25, -0.2) is 8.42 Å². The third kappa shape index (κ3) is 4.86. The molecular formula is C24H26ClN3O4S. The number of piperidine rings is 1. The Morgan fingerprint density at radius 2 is 2.00 bits per heavy atom. The SMILES string of the molecule is CCOc1ccc(S(=O)(=O)N2CCC[C@@H](C(=O)Nc3ccc(C4(C#N)CC4)cc3)C2)cc1Cl. The van der Waals surface area contributed by atoms with Gasteiger partial charge in [0.15, 0.2) is 0 Å². The van der Waals surface area contributed by atoms with Crippen LogP contribution < -0.4 is 10.1 Å². The van der Waals surface area contributed by atoms with Crippen LogP contribution in [0.3, 0.4) is 0 Å². The molecule has 0 aromatic heterocycles. The van der Waals surface area contributed by atoms with E-state index in [9.17, 15) is 18.5 Å². The van der Waals surface area contributed by atoms with Gasteiger partial charge < -0.3 is 10.1 Å². The standard InChI is InChI=1S/C24H26ClN3O4S/c1-2-32-22-10-9-20(14-21(22)25)33(30,31)28-13-3-4-17(15-28)23(29)27-19-7-5-18(6-8-19)24(16-26)11-12-24/h5-10,14,17H,2-4,11-13,15H2,1H3,(H,27,29)/t17-/m1/s1. The lowest BCUT2D eigenvalue weighted by Gasteiger charge is -2.31. The van der Waals surface area contributed by atoms with Gasteiger partial charge in [0.25, 0.3) is 0 Å². The number of rotatable bonds is 7. The molecule has 1 heterocycles. The average molecular weight is 488 g/mol. The lowest BCUT2D eigenvalue weighted by molar-refractivity contribution is -0.120. The van der Waals surface area contributed by atoms with Crippen LogP contribution >= 0.6 is 11.6 Å². The summed E-state index contributed by atoms with van der Waals surface area (Å²) in [5.41, 5.74) is 1.23. The summed E-state index contributed by atoms with van der Waals surface area (Å²) < 4.78 is 33.1. The van der Waals surface area contributed by atoms with E-state index in [-0.39, 0.29) is 27.8 Å². The highest BCUT2D eigenvalue weighted by Crippen LogP contribution is 2.47. The minimum absolute atomic E-state index is 0.0825. The molecule has 9 heteroatoms. The Morgan fingerprint density at radius 1 is 1.27 bits per heavy atom. The van der Waals surface area contributed by atoms with E-state index in [1.807, 2.05) is 19.1 Å². The van der Waals surface area contributed by atoms with Gasteiger partial charge in [0.2, 0.25) is 15.9 Å². The summed E-state index contributed by atoms with van der Waals surface area (Å²) in [4.78, 5) is 13.0. The number of hydrogen-bond acceptors (Lipinski definition) is 5. The van der Waals surface area contributed by atoms with Crippen molar-refractivity contribution in [1.29, 1.82) is 5.26 Å². The van der Waals surface area contributed by atoms with E-state index in [2.05, 4.69) is 11.4 Å². The molecule has 1 saturated heterocycles. The third-order valence-electron chi connectivity index (χ3n) is 6.26. The second-order valence-electron chi connectivity index (χ2n) is 8.49. The zero-order valence-corrected chi connectivity index (χ0v) is 20.0. The van der Waals surface area contributed by atoms with Crippen LogP contribution in [0.25, 0.3) is 0 Å². The van der Waals surface area contributed by atoms with Crippen molar-refractivity contribution in [3.63, 3.8) is 0 Å². The fraction of sp³-hybridized carbons (Fsp3) is 0.417. The van der Waals surface area contributed by atoms with Crippen LogP contribution in [0.2, 0.25) is 5.02 Å². The van der Waals surface area contributed by atoms with E-state index in [1.54, 1.807) is 18.2 Å². The highest BCUT2D eigenvalue weighted by Gasteiger charge is 2.44. The van der Waals surface area contributed by atoms with Gasteiger partial charge >= 0.3 is 0 Å². The smallest absolute Gasteiger partial charge is 0.243 e. The van der Waals surface area contributed by atoms with Gasteiger partial charge in [-0.2, -0.15) is 9.57 Å². The minimum atomic E-state index is -3.79. The molecule has 2 fully saturated rings. The van der Waals surface area contributed by atoms with Crippen molar-refractivity contribution >= 4 is 33.2 Å². The van der Waals surface area contributed by atoms with Crippen molar-refractivity contribution < 1.29 is 17.9 Å². The summed E-state index contributed by atoms with van der Waals surface area (Å²) in [5.74, 6) is -0.239. The molecule has 1 aliphatic carbocycles. The maximum absolute atomic E-state index is 13.2. The molecule has 0 bridgehead atoms. The maximum atomic E-state index is 13.2. The van der Waals surface area contributed by atoms with Gasteiger partial charge in [0, 0.05) is 18.8 Å². The highest BCUT2D eigenvalue weighted by atomic mass is 35.5. The molecule has 1 saturated carbocycles. The zero-order valence-electron chi connectivity index (χ0n) is 18.4. The number of ether oxygens (including phenoxy) is 1. The Hall–Kier alpha value is -2.60. The Labute approximate surface area is 199 Å². The highest BCUT2D eigenvalue weighted by molar-refractivity contribution is 7.89. The predicted molar refractivity (Wildman–Crippen MR) is 126 cm³/mol. The lowest BCUT2D eigenvalue weighted by Crippen LogP contribution is -2.43. The van der Waals surface area contributed by atoms with E-state index in [1.165, 1.54) is 16.4 Å². The minimum Gasteiger partial charge on any atom is -0.492 e. The molecule has 1 amide bonds. The molecule has 33 heavy (non-hydrogen) atoms. The van der Waals surface area contributed by atoms with Crippen LogP contribution in [-0.2, 0) is 20.2 Å². The molecule has 174 valence electrons. The molecule has 1 N–H and O–H groups in total. The Kier molecular flexibility index (Phi) is 6.66. The van der Waals surface area contributed by atoms with Crippen molar-refractivity contribution in [1.82, 2.24) is 4.31 Å². The van der Waals surface area contributed by atoms with Crippen LogP contribution in [-0.4, -0.2) is 38.3 Å². The summed E-state index contributed by atoms with van der Waals surface area (Å²) in [7, 11) is -3.79. The van der Waals surface area contributed by atoms with Gasteiger partial charge in [-0.05, 0) is 68.5 Å². The number of nitrogens with one attached hydrogen (secondary N) is 1. The topological polar surface area (TPSA) is 99.5 Å². The van der Waals surface area contributed by atoms with Crippen molar-refractivity contribution in [2.24, 2.45) is 5.92 Å². The molecule has 2 aromatic rings. The van der Waals surface area contributed by atoms with Crippen LogP contribution in [0.4, 0.5) is 5.69 Å². The van der Waals surface area contributed by atoms with E-state index >= 15 is 0 Å². The molecule has 2 aliphatic rings.